The molecule has 0 aliphatic carbocycles. The zero-order chi connectivity index (χ0) is 17.5. The summed E-state index contributed by atoms with van der Waals surface area (Å²) in [6.45, 7) is 0.317. The number of anilines is 1. The van der Waals surface area contributed by atoms with Gasteiger partial charge < -0.3 is 9.84 Å². The first-order valence-corrected chi connectivity index (χ1v) is 8.08. The van der Waals surface area contributed by atoms with Crippen molar-refractivity contribution in [2.45, 2.75) is 6.42 Å². The van der Waals surface area contributed by atoms with Gasteiger partial charge in [-0.15, -0.1) is 0 Å². The van der Waals surface area contributed by atoms with Crippen molar-refractivity contribution < 1.29 is 14.6 Å². The predicted molar refractivity (Wildman–Crippen MR) is 98.7 cm³/mol. The van der Waals surface area contributed by atoms with Gasteiger partial charge in [0.2, 0.25) is 0 Å². The Bertz CT molecular complexity index is 829. The molecule has 0 fully saturated rings. The highest BCUT2D eigenvalue weighted by Gasteiger charge is 2.09. The Labute approximate surface area is 146 Å². The monoisotopic (exact) mass is 333 g/mol. The quantitative estimate of drug-likeness (QED) is 0.701. The van der Waals surface area contributed by atoms with E-state index in [4.69, 9.17) is 4.74 Å². The highest BCUT2D eigenvalue weighted by molar-refractivity contribution is 5.91. The number of rotatable bonds is 5. The molecule has 3 aromatic rings. The van der Waals surface area contributed by atoms with E-state index in [0.29, 0.717) is 18.7 Å². The molecule has 0 aliphatic heterocycles. The van der Waals surface area contributed by atoms with Crippen LogP contribution in [0.2, 0.25) is 0 Å². The first-order chi connectivity index (χ1) is 12.2. The predicted octanol–water partition coefficient (Wildman–Crippen LogP) is 4.85. The topological polar surface area (TPSA) is 58.6 Å². The van der Waals surface area contributed by atoms with Crippen molar-refractivity contribution in [1.82, 2.24) is 0 Å². The minimum Gasteiger partial charge on any atom is -0.508 e. The number of carbonyl (C=O) groups is 1. The number of carbonyl (C=O) groups excluding carboxylic acids is 1. The highest BCUT2D eigenvalue weighted by atomic mass is 16.5. The molecule has 4 heteroatoms. The molecule has 0 bridgehead atoms. The van der Waals surface area contributed by atoms with Gasteiger partial charge in [-0.3, -0.25) is 5.32 Å². The lowest BCUT2D eigenvalue weighted by Crippen LogP contribution is -2.15. The van der Waals surface area contributed by atoms with Crippen molar-refractivity contribution >= 4 is 11.8 Å². The van der Waals surface area contributed by atoms with E-state index in [0.717, 1.165) is 16.7 Å². The molecule has 3 rings (SSSR count). The minimum atomic E-state index is -0.484. The first-order valence-electron chi connectivity index (χ1n) is 8.08. The lowest BCUT2D eigenvalue weighted by atomic mass is 10.0. The largest absolute Gasteiger partial charge is 0.508 e. The fourth-order valence-electron chi connectivity index (χ4n) is 2.54. The second kappa shape index (κ2) is 8.02. The Balaban J connectivity index is 1.62. The number of phenols is 1. The summed E-state index contributed by atoms with van der Waals surface area (Å²) >= 11 is 0. The molecule has 25 heavy (non-hydrogen) atoms. The van der Waals surface area contributed by atoms with Gasteiger partial charge in [0.15, 0.2) is 0 Å². The zero-order valence-corrected chi connectivity index (χ0v) is 13.7. The molecule has 2 N–H and O–H groups in total. The molecule has 126 valence electrons. The van der Waals surface area contributed by atoms with Gasteiger partial charge in [0.1, 0.15) is 5.75 Å². The second-order valence-corrected chi connectivity index (χ2v) is 5.59. The van der Waals surface area contributed by atoms with Crippen molar-refractivity contribution in [2.75, 3.05) is 11.9 Å². The number of aromatic hydroxyl groups is 1. The number of nitrogens with one attached hydrogen (secondary N) is 1. The smallest absolute Gasteiger partial charge is 0.411 e. The van der Waals surface area contributed by atoms with Crippen molar-refractivity contribution in [3.05, 3.63) is 84.4 Å². The van der Waals surface area contributed by atoms with E-state index in [1.165, 1.54) is 0 Å². The first kappa shape index (κ1) is 16.6. The summed E-state index contributed by atoms with van der Waals surface area (Å²) in [6, 6.07) is 24.2. The van der Waals surface area contributed by atoms with Gasteiger partial charge in [-0.2, -0.15) is 0 Å². The molecule has 0 heterocycles. The van der Waals surface area contributed by atoms with Crippen LogP contribution in [-0.4, -0.2) is 17.8 Å². The Hall–Kier alpha value is -3.27. The molecule has 4 nitrogen and oxygen atoms in total. The summed E-state index contributed by atoms with van der Waals surface area (Å²) < 4.78 is 5.27. The van der Waals surface area contributed by atoms with E-state index < -0.39 is 6.09 Å². The Morgan fingerprint density at radius 1 is 0.880 bits per heavy atom. The molecule has 0 spiro atoms. The number of amides is 1. The van der Waals surface area contributed by atoms with Crippen LogP contribution in [0.1, 0.15) is 5.56 Å². The highest BCUT2D eigenvalue weighted by Crippen LogP contribution is 2.29. The van der Waals surface area contributed by atoms with Gasteiger partial charge in [-0.05, 0) is 29.3 Å². The molecule has 0 saturated carbocycles. The van der Waals surface area contributed by atoms with Crippen LogP contribution in [0.3, 0.4) is 0 Å². The summed E-state index contributed by atoms with van der Waals surface area (Å²) in [5.74, 6) is 0.203. The van der Waals surface area contributed by atoms with E-state index in [1.54, 1.807) is 24.3 Å². The number of benzene rings is 3. The van der Waals surface area contributed by atoms with E-state index in [1.807, 2.05) is 54.6 Å². The van der Waals surface area contributed by atoms with Gasteiger partial charge in [-0.25, -0.2) is 4.79 Å². The number of hydrogen-bond donors (Lipinski definition) is 2. The van der Waals surface area contributed by atoms with Crippen LogP contribution < -0.4 is 5.32 Å². The van der Waals surface area contributed by atoms with Crippen molar-refractivity contribution in [3.63, 3.8) is 0 Å². The Kier molecular flexibility index (Phi) is 5.32. The summed E-state index contributed by atoms with van der Waals surface area (Å²) in [5, 5.41) is 12.2. The summed E-state index contributed by atoms with van der Waals surface area (Å²) in [7, 11) is 0. The van der Waals surface area contributed by atoms with Gasteiger partial charge in [0.05, 0.1) is 12.3 Å². The molecular formula is C21H19NO3. The lowest BCUT2D eigenvalue weighted by molar-refractivity contribution is 0.163. The fourth-order valence-corrected chi connectivity index (χ4v) is 2.54. The van der Waals surface area contributed by atoms with Crippen LogP contribution >= 0.6 is 0 Å². The molecule has 3 aromatic carbocycles. The summed E-state index contributed by atoms with van der Waals surface area (Å²) in [4.78, 5) is 12.1. The maximum atomic E-state index is 12.1. The standard InChI is InChI=1S/C21H19NO3/c23-18-12-10-17(11-13-18)19-8-4-5-9-20(19)22-21(24)25-15-14-16-6-2-1-3-7-16/h1-13,23H,14-15H2,(H,22,24). The molecule has 0 atom stereocenters. The molecule has 0 aliphatic rings. The van der Waals surface area contributed by atoms with Crippen LogP contribution in [0, 0.1) is 0 Å². The second-order valence-electron chi connectivity index (χ2n) is 5.59. The van der Waals surface area contributed by atoms with Crippen LogP contribution in [0.4, 0.5) is 10.5 Å². The van der Waals surface area contributed by atoms with E-state index in [9.17, 15) is 9.90 Å². The van der Waals surface area contributed by atoms with Gasteiger partial charge in [0.25, 0.3) is 0 Å². The van der Waals surface area contributed by atoms with Crippen LogP contribution in [0.25, 0.3) is 11.1 Å². The summed E-state index contributed by atoms with van der Waals surface area (Å²) in [5.41, 5.74) is 3.55. The van der Waals surface area contributed by atoms with Crippen molar-refractivity contribution in [3.8, 4) is 16.9 Å². The average Bonchev–Trinajstić information content (AvgIpc) is 2.64. The number of phenolic OH excluding ortho intramolecular Hbond substituents is 1. The van der Waals surface area contributed by atoms with Crippen molar-refractivity contribution in [2.24, 2.45) is 0 Å². The maximum Gasteiger partial charge on any atom is 0.411 e. The Morgan fingerprint density at radius 3 is 2.32 bits per heavy atom. The third-order valence-electron chi connectivity index (χ3n) is 3.81. The van der Waals surface area contributed by atoms with Crippen LogP contribution in [0.15, 0.2) is 78.9 Å². The van der Waals surface area contributed by atoms with Gasteiger partial charge in [-0.1, -0.05) is 60.7 Å². The summed E-state index contributed by atoms with van der Waals surface area (Å²) in [6.07, 6.45) is 0.190. The molecule has 0 radical (unpaired) electrons. The van der Waals surface area contributed by atoms with Gasteiger partial charge >= 0.3 is 6.09 Å². The third-order valence-corrected chi connectivity index (χ3v) is 3.81. The fraction of sp³-hybridized carbons (Fsp3) is 0.0952. The lowest BCUT2D eigenvalue weighted by Gasteiger charge is -2.12. The third kappa shape index (κ3) is 4.61. The minimum absolute atomic E-state index is 0.203. The molecular weight excluding hydrogens is 314 g/mol. The Morgan fingerprint density at radius 2 is 1.56 bits per heavy atom. The van der Waals surface area contributed by atoms with E-state index >= 15 is 0 Å². The molecule has 1 amide bonds. The zero-order valence-electron chi connectivity index (χ0n) is 13.7. The molecule has 0 aromatic heterocycles. The molecule has 0 saturated heterocycles. The maximum absolute atomic E-state index is 12.1. The molecule has 0 unspecified atom stereocenters. The normalized spacial score (nSPS) is 10.2. The van der Waals surface area contributed by atoms with E-state index in [2.05, 4.69) is 5.32 Å². The van der Waals surface area contributed by atoms with Gasteiger partial charge in [0, 0.05) is 12.0 Å². The van der Waals surface area contributed by atoms with Crippen molar-refractivity contribution in [1.29, 1.82) is 0 Å². The SMILES string of the molecule is O=C(Nc1ccccc1-c1ccc(O)cc1)OCCc1ccccc1. The van der Waals surface area contributed by atoms with E-state index in [-0.39, 0.29) is 5.75 Å². The number of para-hydroxylation sites is 1. The van der Waals surface area contributed by atoms with Crippen LogP contribution in [-0.2, 0) is 11.2 Å². The number of ether oxygens (including phenoxy) is 1. The van der Waals surface area contributed by atoms with Crippen LogP contribution in [0.5, 0.6) is 5.75 Å². The number of hydrogen-bond acceptors (Lipinski definition) is 3. The average molecular weight is 333 g/mol.